The maximum absolute atomic E-state index is 12.1. The van der Waals surface area contributed by atoms with Gasteiger partial charge in [-0.3, -0.25) is 9.59 Å². The zero-order valence-electron chi connectivity index (χ0n) is 17.7. The third kappa shape index (κ3) is 10.7. The Labute approximate surface area is 190 Å². The first-order chi connectivity index (χ1) is 14.6. The van der Waals surface area contributed by atoms with Gasteiger partial charge in [0.25, 0.3) is 10.5 Å². The molecule has 0 aliphatic carbocycles. The summed E-state index contributed by atoms with van der Waals surface area (Å²) in [7, 11) is 0. The summed E-state index contributed by atoms with van der Waals surface area (Å²) < 4.78 is 9.86. The van der Waals surface area contributed by atoms with Crippen LogP contribution in [0.5, 0.6) is 0 Å². The molecule has 0 spiro atoms. The van der Waals surface area contributed by atoms with Crippen molar-refractivity contribution in [1.82, 2.24) is 0 Å². The van der Waals surface area contributed by atoms with Crippen LogP contribution >= 0.6 is 23.5 Å². The highest BCUT2D eigenvalue weighted by molar-refractivity contribution is 8.14. The zero-order valence-corrected chi connectivity index (χ0v) is 19.4. The molecule has 31 heavy (non-hydrogen) atoms. The molecule has 168 valence electrons. The predicted molar refractivity (Wildman–Crippen MR) is 126 cm³/mol. The molecule has 2 N–H and O–H groups in total. The molecule has 0 aliphatic heterocycles. The number of carbonyl (C=O) groups excluding carboxylic acids is 4. The molecule has 0 aromatic heterocycles. The Morgan fingerprint density at radius 3 is 1.84 bits per heavy atom. The number of hydrogen-bond donors (Lipinski definition) is 2. The molecule has 0 radical (unpaired) electrons. The molecule has 8 nitrogen and oxygen atoms in total. The summed E-state index contributed by atoms with van der Waals surface area (Å²) in [4.78, 5) is 46.7. The van der Waals surface area contributed by atoms with E-state index in [2.05, 4.69) is 23.8 Å². The van der Waals surface area contributed by atoms with Gasteiger partial charge in [-0.05, 0) is 38.5 Å². The van der Waals surface area contributed by atoms with Crippen molar-refractivity contribution in [2.45, 2.75) is 20.8 Å². The van der Waals surface area contributed by atoms with Crippen LogP contribution in [0.1, 0.15) is 19.4 Å². The van der Waals surface area contributed by atoms with Gasteiger partial charge >= 0.3 is 11.9 Å². The van der Waals surface area contributed by atoms with Crippen LogP contribution in [0.15, 0.2) is 42.5 Å². The van der Waals surface area contributed by atoms with E-state index in [0.717, 1.165) is 29.1 Å². The Kier molecular flexibility index (Phi) is 11.5. The maximum Gasteiger partial charge on any atom is 0.333 e. The molecular formula is C21H26N2O6S2. The minimum Gasteiger partial charge on any atom is -0.461 e. The average molecular weight is 467 g/mol. The number of esters is 2. The minimum atomic E-state index is -0.494. The fourth-order valence-electron chi connectivity index (χ4n) is 1.92. The first-order valence-electron chi connectivity index (χ1n) is 9.23. The molecule has 0 aliphatic rings. The first-order valence-corrected chi connectivity index (χ1v) is 11.2. The van der Waals surface area contributed by atoms with Crippen molar-refractivity contribution in [2.75, 3.05) is 35.4 Å². The normalized spacial score (nSPS) is 10.0. The van der Waals surface area contributed by atoms with Crippen molar-refractivity contribution in [3.8, 4) is 0 Å². The third-order valence-electron chi connectivity index (χ3n) is 3.52. The molecule has 0 saturated heterocycles. The van der Waals surface area contributed by atoms with Crippen LogP contribution in [0, 0.1) is 6.92 Å². The van der Waals surface area contributed by atoms with Gasteiger partial charge in [0.2, 0.25) is 0 Å². The third-order valence-corrected chi connectivity index (χ3v) is 4.99. The van der Waals surface area contributed by atoms with Crippen molar-refractivity contribution in [1.29, 1.82) is 0 Å². The van der Waals surface area contributed by atoms with Crippen molar-refractivity contribution in [3.63, 3.8) is 0 Å². The van der Waals surface area contributed by atoms with E-state index in [0.29, 0.717) is 34.0 Å². The number of anilines is 2. The van der Waals surface area contributed by atoms with E-state index in [1.165, 1.54) is 0 Å². The highest BCUT2D eigenvalue weighted by atomic mass is 32.2. The number of amides is 2. The van der Waals surface area contributed by atoms with Crippen LogP contribution in [0.25, 0.3) is 0 Å². The van der Waals surface area contributed by atoms with Crippen molar-refractivity contribution in [2.24, 2.45) is 0 Å². The van der Waals surface area contributed by atoms with Crippen LogP contribution in [-0.2, 0) is 19.1 Å². The second-order valence-corrected chi connectivity index (χ2v) is 8.52. The lowest BCUT2D eigenvalue weighted by atomic mass is 10.2. The second-order valence-electron chi connectivity index (χ2n) is 6.38. The summed E-state index contributed by atoms with van der Waals surface area (Å²) in [6, 6.07) is 5.13. The average Bonchev–Trinajstić information content (AvgIpc) is 2.70. The van der Waals surface area contributed by atoms with Crippen molar-refractivity contribution in [3.05, 3.63) is 48.1 Å². The number of benzene rings is 1. The number of nitrogens with one attached hydrogen (secondary N) is 2. The molecule has 0 unspecified atom stereocenters. The maximum atomic E-state index is 12.1. The number of carbonyl (C=O) groups is 4. The van der Waals surface area contributed by atoms with Gasteiger partial charge in [-0.2, -0.15) is 0 Å². The van der Waals surface area contributed by atoms with Gasteiger partial charge in [0.05, 0.1) is 0 Å². The smallest absolute Gasteiger partial charge is 0.333 e. The lowest BCUT2D eigenvalue weighted by Gasteiger charge is -2.11. The Bertz CT molecular complexity index is 869. The zero-order chi connectivity index (χ0) is 23.4. The van der Waals surface area contributed by atoms with E-state index >= 15 is 0 Å². The Hall–Kier alpha value is -2.72. The lowest BCUT2D eigenvalue weighted by Crippen LogP contribution is -2.13. The number of hydrogen-bond acceptors (Lipinski definition) is 8. The number of aryl methyl sites for hydroxylation is 1. The molecule has 0 bridgehead atoms. The first kappa shape index (κ1) is 26.3. The van der Waals surface area contributed by atoms with Crippen LogP contribution in [0.4, 0.5) is 21.0 Å². The van der Waals surface area contributed by atoms with Gasteiger partial charge in [0.1, 0.15) is 13.2 Å². The van der Waals surface area contributed by atoms with E-state index < -0.39 is 11.9 Å². The van der Waals surface area contributed by atoms with Crippen molar-refractivity contribution < 1.29 is 28.7 Å². The highest BCUT2D eigenvalue weighted by Gasteiger charge is 2.10. The van der Waals surface area contributed by atoms with E-state index in [1.54, 1.807) is 32.0 Å². The van der Waals surface area contributed by atoms with Crippen molar-refractivity contribution >= 4 is 57.3 Å². The van der Waals surface area contributed by atoms with Crippen LogP contribution in [0.2, 0.25) is 0 Å². The van der Waals surface area contributed by atoms with E-state index in [9.17, 15) is 19.2 Å². The SMILES string of the molecule is C=C(C)C(=O)OCCSC(=O)Nc1ccc(C)c(NC(=O)SCCOC(=O)C(=C)C)c1. The topological polar surface area (TPSA) is 111 Å². The van der Waals surface area contributed by atoms with Crippen LogP contribution in [0.3, 0.4) is 0 Å². The molecule has 0 fully saturated rings. The number of ether oxygens (including phenoxy) is 2. The van der Waals surface area contributed by atoms with Gasteiger partial charge in [-0.15, -0.1) is 0 Å². The quantitative estimate of drug-likeness (QED) is 0.288. The van der Waals surface area contributed by atoms with Crippen LogP contribution in [-0.4, -0.2) is 47.1 Å². The van der Waals surface area contributed by atoms with Gasteiger partial charge in [0, 0.05) is 34.0 Å². The molecule has 1 rings (SSSR count). The highest BCUT2D eigenvalue weighted by Crippen LogP contribution is 2.23. The second kappa shape index (κ2) is 13.6. The summed E-state index contributed by atoms with van der Waals surface area (Å²) in [5.74, 6) is -0.390. The Morgan fingerprint density at radius 2 is 1.35 bits per heavy atom. The van der Waals surface area contributed by atoms with Gasteiger partial charge in [-0.25, -0.2) is 9.59 Å². The summed E-state index contributed by atoms with van der Waals surface area (Å²) in [5, 5.41) is 4.83. The van der Waals surface area contributed by atoms with E-state index in [4.69, 9.17) is 9.47 Å². The van der Waals surface area contributed by atoms with Gasteiger partial charge < -0.3 is 20.1 Å². The molecule has 1 aromatic rings. The standard InChI is InChI=1S/C21H26N2O6S2/c1-13(2)18(24)28-8-10-30-20(26)22-16-7-6-15(5)17(12-16)23-21(27)31-11-9-29-19(25)14(3)4/h6-7,12H,1,3,8-11H2,2,4-5H3,(H,22,26)(H,23,27). The van der Waals surface area contributed by atoms with Gasteiger partial charge in [-0.1, -0.05) is 42.7 Å². The van der Waals surface area contributed by atoms with E-state index in [1.807, 2.05) is 6.92 Å². The summed E-state index contributed by atoms with van der Waals surface area (Å²) in [5.41, 5.74) is 2.48. The molecule has 0 heterocycles. The molecule has 2 amide bonds. The molecule has 0 saturated carbocycles. The largest absolute Gasteiger partial charge is 0.461 e. The molecule has 1 aromatic carbocycles. The summed E-state index contributed by atoms with van der Waals surface area (Å²) >= 11 is 1.95. The Morgan fingerprint density at radius 1 is 0.871 bits per heavy atom. The van der Waals surface area contributed by atoms with Crippen LogP contribution < -0.4 is 10.6 Å². The fraction of sp³-hybridized carbons (Fsp3) is 0.333. The van der Waals surface area contributed by atoms with Gasteiger partial charge in [0.15, 0.2) is 0 Å². The predicted octanol–water partition coefficient (Wildman–Crippen LogP) is 4.76. The van der Waals surface area contributed by atoms with E-state index in [-0.39, 0.29) is 23.7 Å². The minimum absolute atomic E-state index is 0.0950. The molecule has 10 heteroatoms. The number of rotatable bonds is 10. The lowest BCUT2D eigenvalue weighted by molar-refractivity contribution is -0.139. The monoisotopic (exact) mass is 466 g/mol. The summed E-state index contributed by atoms with van der Waals surface area (Å²) in [6.45, 7) is 12.1. The fourth-order valence-corrected chi connectivity index (χ4v) is 2.99. The molecular weight excluding hydrogens is 440 g/mol. The Balaban J connectivity index is 2.46. The number of thioether (sulfide) groups is 2. The molecule has 0 atom stereocenters. The summed E-state index contributed by atoms with van der Waals surface area (Å²) in [6.07, 6.45) is 0.